The van der Waals surface area contributed by atoms with Crippen LogP contribution in [0.3, 0.4) is 0 Å². The zero-order valence-corrected chi connectivity index (χ0v) is 19.4. The maximum Gasteiger partial charge on any atom is 0.349 e. The Bertz CT molecular complexity index is 1850. The van der Waals surface area contributed by atoms with E-state index in [1.165, 1.54) is 17.0 Å². The highest BCUT2D eigenvalue weighted by molar-refractivity contribution is 7.22. The van der Waals surface area contributed by atoms with Gasteiger partial charge in [0, 0.05) is 11.5 Å². The number of nitrogens with zero attached hydrogens (tertiary/aromatic N) is 2. The zero-order valence-electron chi connectivity index (χ0n) is 18.6. The highest BCUT2D eigenvalue weighted by Gasteiger charge is 2.26. The minimum atomic E-state index is -0.823. The van der Waals surface area contributed by atoms with Gasteiger partial charge >= 0.3 is 5.63 Å². The summed E-state index contributed by atoms with van der Waals surface area (Å²) in [5.74, 6) is -2.21. The first-order valence-corrected chi connectivity index (χ1v) is 11.9. The molecule has 0 radical (unpaired) electrons. The summed E-state index contributed by atoms with van der Waals surface area (Å²) in [4.78, 5) is 32.4. The Hall–Kier alpha value is -4.43. The first-order valence-electron chi connectivity index (χ1n) is 11.0. The van der Waals surface area contributed by atoms with Gasteiger partial charge in [0.2, 0.25) is 0 Å². The van der Waals surface area contributed by atoms with E-state index >= 15 is 0 Å². The number of hydrogen-bond donors (Lipinski definition) is 0. The quantitative estimate of drug-likeness (QED) is 0.201. The van der Waals surface area contributed by atoms with E-state index in [1.54, 1.807) is 6.07 Å². The molecule has 0 aliphatic carbocycles. The second kappa shape index (κ2) is 8.66. The third-order valence-electron chi connectivity index (χ3n) is 5.93. The Kier molecular flexibility index (Phi) is 5.30. The number of fused-ring (bicyclic) bond motifs is 4. The second-order valence-electron chi connectivity index (χ2n) is 8.25. The van der Waals surface area contributed by atoms with Crippen molar-refractivity contribution in [2.24, 2.45) is 0 Å². The molecule has 2 heterocycles. The van der Waals surface area contributed by atoms with Crippen molar-refractivity contribution < 1.29 is 18.0 Å². The molecule has 0 unspecified atom stereocenters. The fraction of sp³-hybridized carbons (Fsp3) is 0.0357. The average molecular weight is 499 g/mol. The van der Waals surface area contributed by atoms with Gasteiger partial charge in [-0.3, -0.25) is 9.69 Å². The van der Waals surface area contributed by atoms with E-state index in [0.717, 1.165) is 33.7 Å². The monoisotopic (exact) mass is 498 g/mol. The molecule has 36 heavy (non-hydrogen) atoms. The van der Waals surface area contributed by atoms with Gasteiger partial charge in [-0.1, -0.05) is 72.0 Å². The number of amides is 1. The van der Waals surface area contributed by atoms with Gasteiger partial charge in [0.25, 0.3) is 5.91 Å². The van der Waals surface area contributed by atoms with Crippen molar-refractivity contribution in [1.82, 2.24) is 4.98 Å². The summed E-state index contributed by atoms with van der Waals surface area (Å²) in [6.07, 6.45) is 0. The van der Waals surface area contributed by atoms with Crippen molar-refractivity contribution in [2.75, 3.05) is 4.90 Å². The number of thiazole rings is 1. The summed E-state index contributed by atoms with van der Waals surface area (Å²) in [5.41, 5.74) is 0.119. The van der Waals surface area contributed by atoms with E-state index in [1.807, 2.05) is 60.7 Å². The lowest BCUT2D eigenvalue weighted by Crippen LogP contribution is -2.33. The molecule has 0 saturated heterocycles. The maximum atomic E-state index is 14.4. The van der Waals surface area contributed by atoms with Gasteiger partial charge < -0.3 is 4.42 Å². The molecule has 6 rings (SSSR count). The number of benzene rings is 4. The molecule has 8 heteroatoms. The number of hydrogen-bond acceptors (Lipinski definition) is 5. The van der Waals surface area contributed by atoms with Crippen molar-refractivity contribution in [1.29, 1.82) is 0 Å². The van der Waals surface area contributed by atoms with Crippen LogP contribution in [0.2, 0.25) is 0 Å². The van der Waals surface area contributed by atoms with Crippen molar-refractivity contribution in [3.8, 4) is 0 Å². The molecule has 1 amide bonds. The average Bonchev–Trinajstić information content (AvgIpc) is 3.31. The minimum absolute atomic E-state index is 0.0428. The largest absolute Gasteiger partial charge is 0.422 e. The molecule has 5 nitrogen and oxygen atoms in total. The van der Waals surface area contributed by atoms with E-state index in [2.05, 4.69) is 4.98 Å². The Morgan fingerprint density at radius 3 is 2.53 bits per heavy atom. The Morgan fingerprint density at radius 1 is 0.917 bits per heavy atom. The Labute approximate surface area is 206 Å². The van der Waals surface area contributed by atoms with Gasteiger partial charge in [-0.15, -0.1) is 0 Å². The van der Waals surface area contributed by atoms with Gasteiger partial charge in [-0.05, 0) is 34.5 Å². The highest BCUT2D eigenvalue weighted by Crippen LogP contribution is 2.33. The molecule has 176 valence electrons. The molecule has 0 saturated carbocycles. The minimum Gasteiger partial charge on any atom is -0.422 e. The maximum absolute atomic E-state index is 14.4. The predicted octanol–water partition coefficient (Wildman–Crippen LogP) is 6.68. The standard InChI is InChI=1S/C28H16F2N2O3S/c29-18-12-22(30)25-24(13-18)36-28(31-25)32(15-16-6-2-1-3-7-16)26(33)21-14-20-19-9-5-4-8-17(19)10-11-23(20)35-27(21)34/h1-14H,15H2. The second-order valence-corrected chi connectivity index (χ2v) is 9.26. The van der Waals surface area contributed by atoms with Gasteiger partial charge in [0.15, 0.2) is 10.9 Å². The topological polar surface area (TPSA) is 63.4 Å². The molecule has 0 spiro atoms. The lowest BCUT2D eigenvalue weighted by atomic mass is 10.0. The Morgan fingerprint density at radius 2 is 1.69 bits per heavy atom. The molecule has 4 aromatic carbocycles. The van der Waals surface area contributed by atoms with Crippen molar-refractivity contribution in [3.63, 3.8) is 0 Å². The summed E-state index contributed by atoms with van der Waals surface area (Å²) >= 11 is 0.969. The van der Waals surface area contributed by atoms with Gasteiger partial charge in [0.05, 0.1) is 11.2 Å². The van der Waals surface area contributed by atoms with E-state index in [-0.39, 0.29) is 27.5 Å². The number of halogens is 2. The van der Waals surface area contributed by atoms with Crippen LogP contribution in [0.25, 0.3) is 32.0 Å². The smallest absolute Gasteiger partial charge is 0.349 e. The number of aromatic nitrogens is 1. The molecule has 2 aromatic heterocycles. The van der Waals surface area contributed by atoms with Gasteiger partial charge in [-0.25, -0.2) is 18.6 Å². The van der Waals surface area contributed by atoms with Crippen LogP contribution in [0.4, 0.5) is 13.9 Å². The summed E-state index contributed by atoms with van der Waals surface area (Å²) in [7, 11) is 0. The van der Waals surface area contributed by atoms with E-state index in [4.69, 9.17) is 4.42 Å². The molecule has 0 aliphatic heterocycles. The van der Waals surface area contributed by atoms with E-state index in [9.17, 15) is 18.4 Å². The molecular weight excluding hydrogens is 482 g/mol. The molecular formula is C28H16F2N2O3S. The van der Waals surface area contributed by atoms with Crippen LogP contribution in [0, 0.1) is 11.6 Å². The molecule has 0 N–H and O–H groups in total. The van der Waals surface area contributed by atoms with E-state index < -0.39 is 23.2 Å². The third kappa shape index (κ3) is 3.81. The SMILES string of the molecule is O=C(c1cc2c(ccc3ccccc32)oc1=O)N(Cc1ccccc1)c1nc2c(F)cc(F)cc2s1. The van der Waals surface area contributed by atoms with Crippen molar-refractivity contribution in [2.45, 2.75) is 6.54 Å². The summed E-state index contributed by atoms with van der Waals surface area (Å²) in [6, 6.07) is 23.7. The number of rotatable bonds is 4. The van der Waals surface area contributed by atoms with Crippen LogP contribution in [-0.4, -0.2) is 10.9 Å². The highest BCUT2D eigenvalue weighted by atomic mass is 32.1. The van der Waals surface area contributed by atoms with Crippen LogP contribution < -0.4 is 10.5 Å². The molecule has 0 bridgehead atoms. The predicted molar refractivity (Wildman–Crippen MR) is 136 cm³/mol. The van der Waals surface area contributed by atoms with Gasteiger partial charge in [-0.2, -0.15) is 0 Å². The van der Waals surface area contributed by atoms with Crippen LogP contribution in [-0.2, 0) is 6.54 Å². The fourth-order valence-corrected chi connectivity index (χ4v) is 5.22. The van der Waals surface area contributed by atoms with Crippen LogP contribution in [0.1, 0.15) is 15.9 Å². The Balaban J connectivity index is 1.53. The molecule has 6 aromatic rings. The van der Waals surface area contributed by atoms with Crippen molar-refractivity contribution >= 4 is 54.3 Å². The first kappa shape index (κ1) is 22.1. The van der Waals surface area contributed by atoms with Crippen LogP contribution in [0.15, 0.2) is 94.1 Å². The first-order chi connectivity index (χ1) is 17.5. The lowest BCUT2D eigenvalue weighted by Gasteiger charge is -2.20. The fourth-order valence-electron chi connectivity index (χ4n) is 4.22. The zero-order chi connectivity index (χ0) is 24.8. The number of carbonyl (C=O) groups excluding carboxylic acids is 1. The number of anilines is 1. The lowest BCUT2D eigenvalue weighted by molar-refractivity contribution is 0.0981. The molecule has 0 aliphatic rings. The summed E-state index contributed by atoms with van der Waals surface area (Å²) in [5, 5.41) is 2.52. The molecule has 0 fully saturated rings. The summed E-state index contributed by atoms with van der Waals surface area (Å²) < 4.78 is 34.0. The number of carbonyl (C=O) groups is 1. The van der Waals surface area contributed by atoms with Crippen molar-refractivity contribution in [3.05, 3.63) is 118 Å². The van der Waals surface area contributed by atoms with Crippen LogP contribution in [0.5, 0.6) is 0 Å². The van der Waals surface area contributed by atoms with E-state index in [0.29, 0.717) is 11.0 Å². The van der Waals surface area contributed by atoms with Gasteiger partial charge in [0.1, 0.15) is 22.5 Å². The third-order valence-corrected chi connectivity index (χ3v) is 6.96. The normalized spacial score (nSPS) is 11.4. The van der Waals surface area contributed by atoms with Crippen LogP contribution >= 0.6 is 11.3 Å². The molecule has 0 atom stereocenters. The summed E-state index contributed by atoms with van der Waals surface area (Å²) in [6.45, 7) is 0.0661.